The predicted molar refractivity (Wildman–Crippen MR) is 53.8 cm³/mol. The van der Waals surface area contributed by atoms with Crippen LogP contribution >= 0.6 is 15.9 Å². The molecule has 1 aromatic heterocycles. The molecule has 0 unspecified atom stereocenters. The number of benzene rings is 1. The van der Waals surface area contributed by atoms with Crippen molar-refractivity contribution < 1.29 is 0 Å². The van der Waals surface area contributed by atoms with Crippen LogP contribution in [0.4, 0.5) is 0 Å². The molecule has 13 heavy (non-hydrogen) atoms. The summed E-state index contributed by atoms with van der Waals surface area (Å²) in [6, 6.07) is 7.92. The van der Waals surface area contributed by atoms with Gasteiger partial charge >= 0.3 is 0 Å². The first-order valence-corrected chi connectivity index (χ1v) is 4.70. The van der Waals surface area contributed by atoms with Crippen molar-refractivity contribution in [2.45, 2.75) is 6.92 Å². The molecule has 0 N–H and O–H groups in total. The van der Waals surface area contributed by atoms with Crippen molar-refractivity contribution in [2.75, 3.05) is 0 Å². The number of rotatable bonds is 1. The third-order valence-electron chi connectivity index (χ3n) is 1.80. The molecule has 0 spiro atoms. The van der Waals surface area contributed by atoms with Crippen LogP contribution in [0.5, 0.6) is 0 Å². The first kappa shape index (κ1) is 8.44. The maximum absolute atomic E-state index is 3.98. The summed E-state index contributed by atoms with van der Waals surface area (Å²) < 4.78 is 2.81. The van der Waals surface area contributed by atoms with Gasteiger partial charge in [0.1, 0.15) is 0 Å². The van der Waals surface area contributed by atoms with Crippen LogP contribution in [0.1, 0.15) is 5.69 Å². The summed E-state index contributed by atoms with van der Waals surface area (Å²) in [7, 11) is 0. The molecular weight excluding hydrogens is 230 g/mol. The predicted octanol–water partition coefficient (Wildman–Crippen LogP) is 2.34. The second-order valence-corrected chi connectivity index (χ2v) is 3.59. The molecule has 0 radical (unpaired) electrons. The molecule has 0 amide bonds. The molecule has 0 saturated heterocycles. The van der Waals surface area contributed by atoms with Crippen LogP contribution in [0.25, 0.3) is 5.69 Å². The van der Waals surface area contributed by atoms with Gasteiger partial charge in [-0.15, -0.1) is 5.10 Å². The minimum Gasteiger partial charge on any atom is -0.217 e. The molecular formula is C9H8BrN3. The van der Waals surface area contributed by atoms with Gasteiger partial charge in [0.25, 0.3) is 0 Å². The van der Waals surface area contributed by atoms with Crippen molar-refractivity contribution >= 4 is 15.9 Å². The number of aromatic nitrogens is 3. The van der Waals surface area contributed by atoms with Crippen LogP contribution < -0.4 is 0 Å². The van der Waals surface area contributed by atoms with E-state index in [4.69, 9.17) is 0 Å². The summed E-state index contributed by atoms with van der Waals surface area (Å²) in [4.78, 5) is 0. The lowest BCUT2D eigenvalue weighted by Gasteiger charge is -2.04. The summed E-state index contributed by atoms with van der Waals surface area (Å²) in [6.07, 6.45) is 1.74. The molecule has 0 bridgehead atoms. The molecule has 2 rings (SSSR count). The molecule has 66 valence electrons. The first-order chi connectivity index (χ1) is 6.29. The second-order valence-electron chi connectivity index (χ2n) is 2.74. The Labute approximate surface area is 84.5 Å². The molecule has 0 atom stereocenters. The Morgan fingerprint density at radius 3 is 2.69 bits per heavy atom. The zero-order valence-corrected chi connectivity index (χ0v) is 8.69. The molecule has 3 nitrogen and oxygen atoms in total. The number of aryl methyl sites for hydroxylation is 1. The molecule has 1 heterocycles. The smallest absolute Gasteiger partial charge is 0.0808 e. The lowest BCUT2D eigenvalue weighted by Crippen LogP contribution is -1.99. The van der Waals surface area contributed by atoms with E-state index in [2.05, 4.69) is 26.2 Å². The first-order valence-electron chi connectivity index (χ1n) is 3.91. The molecule has 0 aliphatic rings. The van der Waals surface area contributed by atoms with Gasteiger partial charge in [-0.2, -0.15) is 0 Å². The van der Waals surface area contributed by atoms with Crippen LogP contribution in [0, 0.1) is 6.92 Å². The van der Waals surface area contributed by atoms with Crippen molar-refractivity contribution in [2.24, 2.45) is 0 Å². The zero-order valence-electron chi connectivity index (χ0n) is 7.11. The van der Waals surface area contributed by atoms with Gasteiger partial charge in [-0.25, -0.2) is 4.68 Å². The average molecular weight is 238 g/mol. The van der Waals surface area contributed by atoms with Crippen LogP contribution in [0.2, 0.25) is 0 Å². The molecule has 2 aromatic rings. The fraction of sp³-hybridized carbons (Fsp3) is 0.111. The lowest BCUT2D eigenvalue weighted by atomic mass is 10.3. The summed E-state index contributed by atoms with van der Waals surface area (Å²) >= 11 is 3.46. The summed E-state index contributed by atoms with van der Waals surface area (Å²) in [5.74, 6) is 0. The normalized spacial score (nSPS) is 10.3. The van der Waals surface area contributed by atoms with E-state index in [1.807, 2.05) is 31.2 Å². The topological polar surface area (TPSA) is 30.7 Å². The van der Waals surface area contributed by atoms with Gasteiger partial charge in [-0.1, -0.05) is 17.3 Å². The molecule has 0 fully saturated rings. The van der Waals surface area contributed by atoms with E-state index in [1.165, 1.54) is 0 Å². The Morgan fingerprint density at radius 1 is 1.31 bits per heavy atom. The van der Waals surface area contributed by atoms with Crippen molar-refractivity contribution in [1.82, 2.24) is 15.0 Å². The SMILES string of the molecule is Cc1cnnn1-c1ccccc1Br. The maximum atomic E-state index is 3.98. The zero-order chi connectivity index (χ0) is 9.26. The van der Waals surface area contributed by atoms with E-state index in [9.17, 15) is 0 Å². The maximum Gasteiger partial charge on any atom is 0.0808 e. The Morgan fingerprint density at radius 2 is 2.08 bits per heavy atom. The Hall–Kier alpha value is -1.16. The monoisotopic (exact) mass is 237 g/mol. The van der Waals surface area contributed by atoms with Gasteiger partial charge in [0.05, 0.1) is 17.6 Å². The van der Waals surface area contributed by atoms with Gasteiger partial charge < -0.3 is 0 Å². The van der Waals surface area contributed by atoms with Crippen molar-refractivity contribution in [3.05, 3.63) is 40.6 Å². The summed E-state index contributed by atoms with van der Waals surface area (Å²) in [6.45, 7) is 1.97. The lowest BCUT2D eigenvalue weighted by molar-refractivity contribution is 0.782. The number of hydrogen-bond acceptors (Lipinski definition) is 2. The summed E-state index contributed by atoms with van der Waals surface area (Å²) in [5, 5.41) is 7.81. The highest BCUT2D eigenvalue weighted by atomic mass is 79.9. The highest BCUT2D eigenvalue weighted by molar-refractivity contribution is 9.10. The minimum atomic E-state index is 1.01. The van der Waals surface area contributed by atoms with Gasteiger partial charge in [-0.3, -0.25) is 0 Å². The van der Waals surface area contributed by atoms with Gasteiger partial charge in [0, 0.05) is 4.47 Å². The molecule has 0 aliphatic heterocycles. The van der Waals surface area contributed by atoms with E-state index >= 15 is 0 Å². The van der Waals surface area contributed by atoms with E-state index < -0.39 is 0 Å². The molecule has 0 saturated carbocycles. The largest absolute Gasteiger partial charge is 0.217 e. The van der Waals surface area contributed by atoms with E-state index in [1.54, 1.807) is 10.9 Å². The average Bonchev–Trinajstić information content (AvgIpc) is 2.52. The second kappa shape index (κ2) is 3.30. The fourth-order valence-corrected chi connectivity index (χ4v) is 1.60. The van der Waals surface area contributed by atoms with Crippen molar-refractivity contribution in [3.8, 4) is 5.69 Å². The Balaban J connectivity index is 2.59. The standard InChI is InChI=1S/C9H8BrN3/c1-7-6-11-12-13(7)9-5-3-2-4-8(9)10/h2-6H,1H3. The van der Waals surface area contributed by atoms with Gasteiger partial charge in [0.2, 0.25) is 0 Å². The minimum absolute atomic E-state index is 1.01. The third kappa shape index (κ3) is 1.49. The number of para-hydroxylation sites is 1. The van der Waals surface area contributed by atoms with Gasteiger partial charge in [0.15, 0.2) is 0 Å². The number of hydrogen-bond donors (Lipinski definition) is 0. The number of halogens is 1. The van der Waals surface area contributed by atoms with Crippen molar-refractivity contribution in [3.63, 3.8) is 0 Å². The van der Waals surface area contributed by atoms with Crippen LogP contribution in [0.3, 0.4) is 0 Å². The molecule has 1 aromatic carbocycles. The van der Waals surface area contributed by atoms with E-state index in [-0.39, 0.29) is 0 Å². The van der Waals surface area contributed by atoms with Crippen LogP contribution in [-0.4, -0.2) is 15.0 Å². The van der Waals surface area contributed by atoms with Gasteiger partial charge in [-0.05, 0) is 35.0 Å². The van der Waals surface area contributed by atoms with E-state index in [0.29, 0.717) is 0 Å². The third-order valence-corrected chi connectivity index (χ3v) is 2.47. The highest BCUT2D eigenvalue weighted by Gasteiger charge is 2.04. The molecule has 0 aliphatic carbocycles. The Bertz CT molecular complexity index is 422. The van der Waals surface area contributed by atoms with Crippen LogP contribution in [-0.2, 0) is 0 Å². The molecule has 4 heteroatoms. The van der Waals surface area contributed by atoms with Crippen LogP contribution in [0.15, 0.2) is 34.9 Å². The van der Waals surface area contributed by atoms with E-state index in [0.717, 1.165) is 15.9 Å². The van der Waals surface area contributed by atoms with Crippen molar-refractivity contribution in [1.29, 1.82) is 0 Å². The summed E-state index contributed by atoms with van der Waals surface area (Å²) in [5.41, 5.74) is 2.03. The quantitative estimate of drug-likeness (QED) is 0.763. The number of nitrogens with zero attached hydrogens (tertiary/aromatic N) is 3. The Kier molecular flexibility index (Phi) is 2.14. The fourth-order valence-electron chi connectivity index (χ4n) is 1.15. The highest BCUT2D eigenvalue weighted by Crippen LogP contribution is 2.20.